The summed E-state index contributed by atoms with van der Waals surface area (Å²) in [6.45, 7) is 0.688. The van der Waals surface area contributed by atoms with Gasteiger partial charge in [0.05, 0.1) is 0 Å². The molecule has 1 heterocycles. The number of carbonyl (C=O) groups excluding carboxylic acids is 1. The smallest absolute Gasteiger partial charge is 0.246 e. The van der Waals surface area contributed by atoms with Gasteiger partial charge in [0.15, 0.2) is 0 Å². The van der Waals surface area contributed by atoms with Crippen LogP contribution in [-0.2, 0) is 9.53 Å². The van der Waals surface area contributed by atoms with E-state index >= 15 is 0 Å². The van der Waals surface area contributed by atoms with Crippen molar-refractivity contribution in [3.63, 3.8) is 0 Å². The molecule has 2 N–H and O–H groups in total. The summed E-state index contributed by atoms with van der Waals surface area (Å²) in [6.07, 6.45) is 1.47. The molecule has 0 unspecified atom stereocenters. The molecule has 0 aliphatic carbocycles. The minimum Gasteiger partial charge on any atom is -0.368 e. The van der Waals surface area contributed by atoms with Crippen molar-refractivity contribution in [1.82, 2.24) is 0 Å². The summed E-state index contributed by atoms with van der Waals surface area (Å²) in [4.78, 5) is 10.3. The van der Waals surface area contributed by atoms with E-state index in [0.717, 1.165) is 12.8 Å². The van der Waals surface area contributed by atoms with Crippen molar-refractivity contribution in [1.29, 1.82) is 0 Å². The average molecular weight is 115 g/mol. The predicted octanol–water partition coefficient (Wildman–Crippen LogP) is -0.349. The molecule has 1 aliphatic rings. The molecule has 0 bridgehead atoms. The van der Waals surface area contributed by atoms with Gasteiger partial charge >= 0.3 is 0 Å². The van der Waals surface area contributed by atoms with Crippen LogP contribution in [0.15, 0.2) is 0 Å². The van der Waals surface area contributed by atoms with Gasteiger partial charge < -0.3 is 10.5 Å². The summed E-state index contributed by atoms with van der Waals surface area (Å²) < 4.78 is 4.94. The topological polar surface area (TPSA) is 52.3 Å². The van der Waals surface area contributed by atoms with Crippen molar-refractivity contribution in [2.24, 2.45) is 5.73 Å². The first-order chi connectivity index (χ1) is 3.80. The van der Waals surface area contributed by atoms with Gasteiger partial charge in [-0.2, -0.15) is 0 Å². The monoisotopic (exact) mass is 115 g/mol. The highest BCUT2D eigenvalue weighted by atomic mass is 16.5. The van der Waals surface area contributed by atoms with E-state index in [2.05, 4.69) is 0 Å². The molecule has 0 aromatic rings. The van der Waals surface area contributed by atoms with Gasteiger partial charge in [-0.1, -0.05) is 0 Å². The summed E-state index contributed by atoms with van der Waals surface area (Å²) >= 11 is 0. The highest BCUT2D eigenvalue weighted by Gasteiger charge is 2.19. The number of hydrogen-bond donors (Lipinski definition) is 1. The first kappa shape index (κ1) is 5.56. The van der Waals surface area contributed by atoms with Crippen LogP contribution in [0.5, 0.6) is 0 Å². The van der Waals surface area contributed by atoms with Crippen molar-refractivity contribution in [2.75, 3.05) is 6.61 Å². The second-order valence-corrected chi connectivity index (χ2v) is 1.90. The first-order valence-corrected chi connectivity index (χ1v) is 2.71. The molecule has 0 saturated carbocycles. The van der Waals surface area contributed by atoms with Crippen molar-refractivity contribution in [3.05, 3.63) is 0 Å². The lowest BCUT2D eigenvalue weighted by Crippen LogP contribution is -2.27. The molecule has 0 spiro atoms. The third kappa shape index (κ3) is 0.980. The molecule has 3 nitrogen and oxygen atoms in total. The Labute approximate surface area is 47.8 Å². The van der Waals surface area contributed by atoms with Crippen molar-refractivity contribution in [3.8, 4) is 0 Å². The highest BCUT2D eigenvalue weighted by molar-refractivity contribution is 5.78. The Kier molecular flexibility index (Phi) is 1.48. The Morgan fingerprint density at radius 2 is 2.50 bits per heavy atom. The molecule has 1 saturated heterocycles. The lowest BCUT2D eigenvalue weighted by Gasteiger charge is -2.00. The maximum absolute atomic E-state index is 10.3. The maximum atomic E-state index is 10.3. The van der Waals surface area contributed by atoms with Gasteiger partial charge in [0.1, 0.15) is 6.10 Å². The number of primary amides is 1. The lowest BCUT2D eigenvalue weighted by molar-refractivity contribution is -0.126. The number of hydrogen-bond acceptors (Lipinski definition) is 2. The average Bonchev–Trinajstić information content (AvgIpc) is 2.12. The van der Waals surface area contributed by atoms with E-state index in [1.807, 2.05) is 0 Å². The van der Waals surface area contributed by atoms with Crippen molar-refractivity contribution >= 4 is 5.91 Å². The number of amides is 1. The molecule has 1 atom stereocenters. The van der Waals surface area contributed by atoms with E-state index < -0.39 is 0 Å². The maximum Gasteiger partial charge on any atom is 0.246 e. The van der Waals surface area contributed by atoms with E-state index in [-0.39, 0.29) is 12.0 Å². The van der Waals surface area contributed by atoms with Crippen LogP contribution < -0.4 is 5.73 Å². The van der Waals surface area contributed by atoms with E-state index in [1.54, 1.807) is 0 Å². The van der Waals surface area contributed by atoms with Crippen molar-refractivity contribution < 1.29 is 9.53 Å². The van der Waals surface area contributed by atoms with Gasteiger partial charge in [-0.3, -0.25) is 4.79 Å². The Morgan fingerprint density at radius 3 is 2.75 bits per heavy atom. The summed E-state index contributed by atoms with van der Waals surface area (Å²) in [7, 11) is 0. The molecule has 0 radical (unpaired) electrons. The van der Waals surface area contributed by atoms with E-state index in [1.165, 1.54) is 0 Å². The highest BCUT2D eigenvalue weighted by Crippen LogP contribution is 2.10. The standard InChI is InChI=1S/C5H9NO2/c6-5(7)4-2-1-3-8-4/h4H,1-3H2,(H2,6,7)/t4-/m0/s1. The number of carbonyl (C=O) groups is 1. The van der Waals surface area contributed by atoms with Crippen LogP contribution in [0.1, 0.15) is 12.8 Å². The zero-order valence-electron chi connectivity index (χ0n) is 4.59. The predicted molar refractivity (Wildman–Crippen MR) is 28.2 cm³/mol. The summed E-state index contributed by atoms with van der Waals surface area (Å²) in [5, 5.41) is 0. The van der Waals surface area contributed by atoms with E-state index in [4.69, 9.17) is 10.5 Å². The zero-order valence-corrected chi connectivity index (χ0v) is 4.59. The third-order valence-corrected chi connectivity index (χ3v) is 1.25. The van der Waals surface area contributed by atoms with Gasteiger partial charge in [0, 0.05) is 6.61 Å². The molecule has 1 amide bonds. The molecule has 1 rings (SSSR count). The Balaban J connectivity index is 2.35. The van der Waals surface area contributed by atoms with E-state index in [0.29, 0.717) is 6.61 Å². The minimum absolute atomic E-state index is 0.296. The second-order valence-electron chi connectivity index (χ2n) is 1.90. The molecule has 8 heavy (non-hydrogen) atoms. The summed E-state index contributed by atoms with van der Waals surface area (Å²) in [5.41, 5.74) is 4.93. The number of rotatable bonds is 1. The van der Waals surface area contributed by atoms with Crippen LogP contribution in [0, 0.1) is 0 Å². The van der Waals surface area contributed by atoms with Gasteiger partial charge in [-0.15, -0.1) is 0 Å². The number of ether oxygens (including phenoxy) is 1. The van der Waals surface area contributed by atoms with Crippen LogP contribution in [-0.4, -0.2) is 18.6 Å². The zero-order chi connectivity index (χ0) is 5.98. The molecular formula is C5H9NO2. The van der Waals surface area contributed by atoms with Gasteiger partial charge in [0.25, 0.3) is 0 Å². The summed E-state index contributed by atoms with van der Waals surface area (Å²) in [5.74, 6) is -0.331. The SMILES string of the molecule is NC(=O)[C@@H]1CCCO1. The van der Waals surface area contributed by atoms with Gasteiger partial charge in [-0.05, 0) is 12.8 Å². The molecule has 46 valence electrons. The third-order valence-electron chi connectivity index (χ3n) is 1.25. The fourth-order valence-corrected chi connectivity index (χ4v) is 0.802. The number of nitrogens with two attached hydrogens (primary N) is 1. The van der Waals surface area contributed by atoms with Crippen LogP contribution in [0.4, 0.5) is 0 Å². The lowest BCUT2D eigenvalue weighted by atomic mass is 10.2. The van der Waals surface area contributed by atoms with Gasteiger partial charge in [-0.25, -0.2) is 0 Å². The normalized spacial score (nSPS) is 28.2. The fraction of sp³-hybridized carbons (Fsp3) is 0.800. The molecule has 0 aromatic heterocycles. The van der Waals surface area contributed by atoms with Crippen LogP contribution in [0.2, 0.25) is 0 Å². The van der Waals surface area contributed by atoms with Crippen LogP contribution >= 0.6 is 0 Å². The second kappa shape index (κ2) is 2.13. The fourth-order valence-electron chi connectivity index (χ4n) is 0.802. The van der Waals surface area contributed by atoms with Gasteiger partial charge in [0.2, 0.25) is 5.91 Å². The Hall–Kier alpha value is -0.570. The largest absolute Gasteiger partial charge is 0.368 e. The molecule has 1 aliphatic heterocycles. The Bertz CT molecular complexity index is 96.6. The molecule has 0 aromatic carbocycles. The van der Waals surface area contributed by atoms with Crippen LogP contribution in [0.25, 0.3) is 0 Å². The first-order valence-electron chi connectivity index (χ1n) is 2.71. The van der Waals surface area contributed by atoms with Crippen molar-refractivity contribution in [2.45, 2.75) is 18.9 Å². The molecule has 3 heteroatoms. The molecular weight excluding hydrogens is 106 g/mol. The van der Waals surface area contributed by atoms with Crippen LogP contribution in [0.3, 0.4) is 0 Å². The molecule has 1 fully saturated rings. The van der Waals surface area contributed by atoms with E-state index in [9.17, 15) is 4.79 Å². The Morgan fingerprint density at radius 1 is 1.75 bits per heavy atom. The quantitative estimate of drug-likeness (QED) is 0.508. The summed E-state index contributed by atoms with van der Waals surface area (Å²) in [6, 6.07) is 0. The minimum atomic E-state index is -0.331.